The highest BCUT2D eigenvalue weighted by molar-refractivity contribution is 14.0. The zero-order chi connectivity index (χ0) is 16.8. The third-order valence-corrected chi connectivity index (χ3v) is 3.65. The number of guanidine groups is 1. The van der Waals surface area contributed by atoms with Gasteiger partial charge in [0.05, 0.1) is 6.04 Å². The maximum Gasteiger partial charge on any atom is 0.191 e. The van der Waals surface area contributed by atoms with Crippen LogP contribution in [0.3, 0.4) is 0 Å². The number of rotatable bonds is 4. The molecule has 0 aromatic heterocycles. The molecule has 24 heavy (non-hydrogen) atoms. The zero-order valence-electron chi connectivity index (χ0n) is 13.9. The highest BCUT2D eigenvalue weighted by Gasteiger charge is 2.09. The van der Waals surface area contributed by atoms with Crippen molar-refractivity contribution in [2.24, 2.45) is 4.99 Å². The second kappa shape index (κ2) is 9.56. The number of aliphatic imine (C=N–C) groups is 1. The Hall–Kier alpha value is -1.70. The predicted molar refractivity (Wildman–Crippen MR) is 105 cm³/mol. The highest BCUT2D eigenvalue weighted by atomic mass is 127. The number of hydrogen-bond acceptors (Lipinski definition) is 1. The molecule has 0 saturated carbocycles. The molecule has 3 nitrogen and oxygen atoms in total. The third kappa shape index (κ3) is 5.74. The molecule has 2 aromatic carbocycles. The average molecular weight is 445 g/mol. The number of nitrogens with zero attached hydrogens (tertiary/aromatic N) is 1. The van der Waals surface area contributed by atoms with Crippen molar-refractivity contribution in [1.82, 2.24) is 10.6 Å². The van der Waals surface area contributed by atoms with Crippen molar-refractivity contribution in [2.45, 2.75) is 26.4 Å². The van der Waals surface area contributed by atoms with E-state index in [1.807, 2.05) is 13.0 Å². The minimum absolute atomic E-state index is 0. The van der Waals surface area contributed by atoms with E-state index in [1.54, 1.807) is 32.2 Å². The first kappa shape index (κ1) is 20.3. The van der Waals surface area contributed by atoms with Gasteiger partial charge in [0.1, 0.15) is 11.6 Å². The van der Waals surface area contributed by atoms with Crippen molar-refractivity contribution in [1.29, 1.82) is 0 Å². The molecule has 0 aliphatic heterocycles. The minimum atomic E-state index is -0.258. The van der Waals surface area contributed by atoms with Crippen LogP contribution in [0.5, 0.6) is 0 Å². The van der Waals surface area contributed by atoms with Crippen LogP contribution in [-0.2, 0) is 6.54 Å². The zero-order valence-corrected chi connectivity index (χ0v) is 16.3. The van der Waals surface area contributed by atoms with Gasteiger partial charge in [-0.15, -0.1) is 24.0 Å². The Balaban J connectivity index is 0.00000288. The SMILES string of the molecule is CN=C(NCc1ccc(F)cc1)NC(C)c1ccc(C)c(F)c1.I. The van der Waals surface area contributed by atoms with Gasteiger partial charge < -0.3 is 10.6 Å². The van der Waals surface area contributed by atoms with Crippen LogP contribution in [0.4, 0.5) is 8.78 Å². The van der Waals surface area contributed by atoms with E-state index in [-0.39, 0.29) is 41.7 Å². The van der Waals surface area contributed by atoms with Crippen molar-refractivity contribution < 1.29 is 8.78 Å². The Bertz CT molecular complexity index is 687. The summed E-state index contributed by atoms with van der Waals surface area (Å²) in [5.74, 6) is 0.125. The minimum Gasteiger partial charge on any atom is -0.352 e. The van der Waals surface area contributed by atoms with Crippen molar-refractivity contribution in [3.63, 3.8) is 0 Å². The first-order valence-corrected chi connectivity index (χ1v) is 7.47. The normalized spacial score (nSPS) is 12.3. The standard InChI is InChI=1S/C18H21F2N3.HI/c1-12-4-7-15(10-17(12)20)13(2)23-18(21-3)22-11-14-5-8-16(19)9-6-14;/h4-10,13H,11H2,1-3H3,(H2,21,22,23);1H. The molecule has 0 bridgehead atoms. The number of aryl methyl sites for hydroxylation is 1. The highest BCUT2D eigenvalue weighted by Crippen LogP contribution is 2.16. The molecule has 2 aromatic rings. The Labute approximate surface area is 158 Å². The lowest BCUT2D eigenvalue weighted by Crippen LogP contribution is -2.38. The van der Waals surface area contributed by atoms with E-state index in [4.69, 9.17) is 0 Å². The van der Waals surface area contributed by atoms with Gasteiger partial charge in [0, 0.05) is 13.6 Å². The van der Waals surface area contributed by atoms with Gasteiger partial charge in [-0.05, 0) is 48.7 Å². The fraction of sp³-hybridized carbons (Fsp3) is 0.278. The lowest BCUT2D eigenvalue weighted by atomic mass is 10.1. The molecule has 0 spiro atoms. The molecule has 1 unspecified atom stereocenters. The summed E-state index contributed by atoms with van der Waals surface area (Å²) < 4.78 is 26.5. The maximum absolute atomic E-state index is 13.7. The number of nitrogens with one attached hydrogen (secondary N) is 2. The summed E-state index contributed by atoms with van der Waals surface area (Å²) in [7, 11) is 1.67. The van der Waals surface area contributed by atoms with Crippen molar-refractivity contribution >= 4 is 29.9 Å². The Kier molecular flexibility index (Phi) is 8.10. The lowest BCUT2D eigenvalue weighted by molar-refractivity contribution is 0.607. The molecule has 1 atom stereocenters. The van der Waals surface area contributed by atoms with Gasteiger partial charge in [-0.25, -0.2) is 8.78 Å². The molecule has 2 rings (SSSR count). The first-order valence-electron chi connectivity index (χ1n) is 7.47. The second-order valence-corrected chi connectivity index (χ2v) is 5.43. The number of hydrogen-bond donors (Lipinski definition) is 2. The Morgan fingerprint density at radius 1 is 1.12 bits per heavy atom. The molecule has 2 N–H and O–H groups in total. The van der Waals surface area contributed by atoms with Gasteiger partial charge in [0.15, 0.2) is 5.96 Å². The molecule has 0 aliphatic rings. The van der Waals surface area contributed by atoms with E-state index in [0.717, 1.165) is 11.1 Å². The lowest BCUT2D eigenvalue weighted by Gasteiger charge is -2.18. The molecule has 0 amide bonds. The van der Waals surface area contributed by atoms with Crippen molar-refractivity contribution in [2.75, 3.05) is 7.05 Å². The maximum atomic E-state index is 13.7. The second-order valence-electron chi connectivity index (χ2n) is 5.43. The average Bonchev–Trinajstić information content (AvgIpc) is 2.55. The predicted octanol–water partition coefficient (Wildman–Crippen LogP) is 4.32. The van der Waals surface area contributed by atoms with Gasteiger partial charge in [-0.1, -0.05) is 24.3 Å². The summed E-state index contributed by atoms with van der Waals surface area (Å²) in [6.45, 7) is 4.20. The molecule has 0 heterocycles. The van der Waals surface area contributed by atoms with Gasteiger partial charge in [0.2, 0.25) is 0 Å². The van der Waals surface area contributed by atoms with Crippen LogP contribution in [0.1, 0.15) is 29.7 Å². The van der Waals surface area contributed by atoms with Crippen LogP contribution in [0.2, 0.25) is 0 Å². The summed E-state index contributed by atoms with van der Waals surface area (Å²) >= 11 is 0. The van der Waals surface area contributed by atoms with Gasteiger partial charge in [0.25, 0.3) is 0 Å². The third-order valence-electron chi connectivity index (χ3n) is 3.65. The smallest absolute Gasteiger partial charge is 0.191 e. The van der Waals surface area contributed by atoms with Crippen LogP contribution >= 0.6 is 24.0 Å². The molecular weight excluding hydrogens is 423 g/mol. The van der Waals surface area contributed by atoms with E-state index in [0.29, 0.717) is 18.1 Å². The van der Waals surface area contributed by atoms with Gasteiger partial charge in [-0.2, -0.15) is 0 Å². The van der Waals surface area contributed by atoms with Crippen LogP contribution in [0, 0.1) is 18.6 Å². The van der Waals surface area contributed by atoms with E-state index >= 15 is 0 Å². The van der Waals surface area contributed by atoms with Crippen LogP contribution in [0.25, 0.3) is 0 Å². The molecule has 0 aliphatic carbocycles. The topological polar surface area (TPSA) is 36.4 Å². The number of benzene rings is 2. The molecule has 0 saturated heterocycles. The van der Waals surface area contributed by atoms with Crippen LogP contribution in [-0.4, -0.2) is 13.0 Å². The van der Waals surface area contributed by atoms with Gasteiger partial charge in [-0.3, -0.25) is 4.99 Å². The van der Waals surface area contributed by atoms with Crippen LogP contribution in [0.15, 0.2) is 47.5 Å². The largest absolute Gasteiger partial charge is 0.352 e. The van der Waals surface area contributed by atoms with Gasteiger partial charge >= 0.3 is 0 Å². The van der Waals surface area contributed by atoms with E-state index in [1.165, 1.54) is 18.2 Å². The van der Waals surface area contributed by atoms with E-state index < -0.39 is 0 Å². The van der Waals surface area contributed by atoms with E-state index in [9.17, 15) is 8.78 Å². The van der Waals surface area contributed by atoms with Crippen molar-refractivity contribution in [3.05, 3.63) is 70.8 Å². The van der Waals surface area contributed by atoms with Crippen molar-refractivity contribution in [3.8, 4) is 0 Å². The fourth-order valence-corrected chi connectivity index (χ4v) is 2.15. The summed E-state index contributed by atoms with van der Waals surface area (Å²) in [5.41, 5.74) is 2.42. The first-order chi connectivity index (χ1) is 11.0. The molecule has 0 radical (unpaired) electrons. The summed E-state index contributed by atoms with van der Waals surface area (Å²) in [5, 5.41) is 6.36. The monoisotopic (exact) mass is 445 g/mol. The summed E-state index contributed by atoms with van der Waals surface area (Å²) in [4.78, 5) is 4.15. The van der Waals surface area contributed by atoms with Crippen LogP contribution < -0.4 is 10.6 Å². The molecular formula is C18H22F2IN3. The Morgan fingerprint density at radius 3 is 2.38 bits per heavy atom. The molecule has 0 fully saturated rings. The molecule has 6 heteroatoms. The fourth-order valence-electron chi connectivity index (χ4n) is 2.15. The quantitative estimate of drug-likeness (QED) is 0.418. The Morgan fingerprint density at radius 2 is 1.79 bits per heavy atom. The van der Waals surface area contributed by atoms with E-state index in [2.05, 4.69) is 15.6 Å². The number of halogens is 3. The summed E-state index contributed by atoms with van der Waals surface area (Å²) in [6.07, 6.45) is 0. The molecule has 130 valence electrons. The summed E-state index contributed by atoms with van der Waals surface area (Å²) in [6, 6.07) is 11.4.